The molecule has 1 unspecified atom stereocenters. The van der Waals surface area contributed by atoms with Crippen LogP contribution in [0.3, 0.4) is 0 Å². The maximum atomic E-state index is 11.8. The number of hydrogen-bond acceptors (Lipinski definition) is 3. The summed E-state index contributed by atoms with van der Waals surface area (Å²) in [5.74, 6) is 0.408. The van der Waals surface area contributed by atoms with Crippen LogP contribution in [-0.2, 0) is 12.0 Å². The van der Waals surface area contributed by atoms with E-state index in [0.717, 1.165) is 38.8 Å². The van der Waals surface area contributed by atoms with E-state index in [1.807, 2.05) is 11.3 Å². The average Bonchev–Trinajstić information content (AvgIpc) is 2.77. The van der Waals surface area contributed by atoms with Crippen molar-refractivity contribution in [3.8, 4) is 0 Å². The smallest absolute Gasteiger partial charge is 0.107 e. The summed E-state index contributed by atoms with van der Waals surface area (Å²) < 4.78 is 0. The lowest BCUT2D eigenvalue weighted by Crippen LogP contribution is -2.53. The summed E-state index contributed by atoms with van der Waals surface area (Å²) in [6.45, 7) is 8.93. The van der Waals surface area contributed by atoms with Crippen molar-refractivity contribution in [2.24, 2.45) is 11.3 Å². The zero-order valence-electron chi connectivity index (χ0n) is 13.2. The molecule has 0 bridgehead atoms. The van der Waals surface area contributed by atoms with E-state index in [4.69, 9.17) is 0 Å². The van der Waals surface area contributed by atoms with Crippen molar-refractivity contribution in [3.05, 3.63) is 21.4 Å². The number of aryl methyl sites for hydroxylation is 2. The third-order valence-electron chi connectivity index (χ3n) is 5.64. The Morgan fingerprint density at radius 2 is 1.95 bits per heavy atom. The molecular weight excluding hydrogens is 266 g/mol. The van der Waals surface area contributed by atoms with Gasteiger partial charge in [0.2, 0.25) is 0 Å². The Morgan fingerprint density at radius 3 is 2.60 bits per heavy atom. The van der Waals surface area contributed by atoms with Gasteiger partial charge in [0.15, 0.2) is 0 Å². The summed E-state index contributed by atoms with van der Waals surface area (Å²) in [4.78, 5) is 5.01. The molecule has 1 aromatic heterocycles. The molecule has 1 aliphatic carbocycles. The minimum Gasteiger partial charge on any atom is -0.383 e. The third kappa shape index (κ3) is 2.06. The third-order valence-corrected chi connectivity index (χ3v) is 6.86. The Balaban J connectivity index is 2.03. The molecule has 1 atom stereocenters. The van der Waals surface area contributed by atoms with E-state index < -0.39 is 5.60 Å². The number of nitrogens with zero attached hydrogens (tertiary/aromatic N) is 1. The van der Waals surface area contributed by atoms with E-state index in [9.17, 15) is 5.11 Å². The van der Waals surface area contributed by atoms with E-state index >= 15 is 0 Å². The summed E-state index contributed by atoms with van der Waals surface area (Å²) in [7, 11) is 2.19. The normalized spacial score (nSPS) is 31.2. The highest BCUT2D eigenvalue weighted by Crippen LogP contribution is 2.56. The van der Waals surface area contributed by atoms with Crippen LogP contribution in [-0.4, -0.2) is 30.1 Å². The van der Waals surface area contributed by atoms with Gasteiger partial charge in [-0.25, -0.2) is 0 Å². The lowest BCUT2D eigenvalue weighted by molar-refractivity contribution is -0.139. The van der Waals surface area contributed by atoms with Gasteiger partial charge in [0, 0.05) is 9.75 Å². The minimum atomic E-state index is -0.624. The number of likely N-dealkylation sites (tertiary alicyclic amines) is 1. The zero-order valence-corrected chi connectivity index (χ0v) is 14.0. The summed E-state index contributed by atoms with van der Waals surface area (Å²) in [6.07, 6.45) is 4.46. The Labute approximate surface area is 126 Å². The fraction of sp³-hybridized carbons (Fsp3) is 0.765. The van der Waals surface area contributed by atoms with E-state index in [1.54, 1.807) is 0 Å². The van der Waals surface area contributed by atoms with Crippen LogP contribution in [0.5, 0.6) is 0 Å². The van der Waals surface area contributed by atoms with Gasteiger partial charge in [0.1, 0.15) is 5.60 Å². The SMILES string of the molecule is Cc1cc2c(s1)C(O)(C1CCN(C)CC1)C(C)(C)CC2. The van der Waals surface area contributed by atoms with Crippen molar-refractivity contribution in [2.75, 3.05) is 20.1 Å². The second-order valence-corrected chi connectivity index (χ2v) is 8.70. The first-order valence-electron chi connectivity index (χ1n) is 7.85. The van der Waals surface area contributed by atoms with Crippen LogP contribution in [0.2, 0.25) is 0 Å². The summed E-state index contributed by atoms with van der Waals surface area (Å²) in [5.41, 5.74) is 0.770. The number of thiophene rings is 1. The van der Waals surface area contributed by atoms with Crippen molar-refractivity contribution in [2.45, 2.75) is 52.1 Å². The van der Waals surface area contributed by atoms with Crippen LogP contribution in [0.15, 0.2) is 6.07 Å². The van der Waals surface area contributed by atoms with E-state index in [2.05, 4.69) is 38.8 Å². The number of hydrogen-bond donors (Lipinski definition) is 1. The van der Waals surface area contributed by atoms with Crippen LogP contribution in [0, 0.1) is 18.3 Å². The Hall–Kier alpha value is -0.380. The van der Waals surface area contributed by atoms with Crippen LogP contribution in [0.25, 0.3) is 0 Å². The first-order valence-corrected chi connectivity index (χ1v) is 8.67. The molecule has 112 valence electrons. The van der Waals surface area contributed by atoms with Gasteiger partial charge in [-0.1, -0.05) is 13.8 Å². The van der Waals surface area contributed by atoms with Crippen molar-refractivity contribution < 1.29 is 5.11 Å². The van der Waals surface area contributed by atoms with Crippen LogP contribution in [0.4, 0.5) is 0 Å². The predicted octanol–water partition coefficient (Wildman–Crippen LogP) is 3.56. The quantitative estimate of drug-likeness (QED) is 0.856. The number of rotatable bonds is 1. The maximum absolute atomic E-state index is 11.8. The molecule has 2 aliphatic rings. The summed E-state index contributed by atoms with van der Waals surface area (Å²) >= 11 is 1.83. The number of piperidine rings is 1. The molecule has 1 fully saturated rings. The molecule has 2 heterocycles. The zero-order chi connectivity index (χ0) is 14.5. The highest BCUT2D eigenvalue weighted by Gasteiger charge is 2.54. The van der Waals surface area contributed by atoms with Crippen molar-refractivity contribution in [3.63, 3.8) is 0 Å². The van der Waals surface area contributed by atoms with Gasteiger partial charge in [-0.05, 0) is 75.7 Å². The van der Waals surface area contributed by atoms with Gasteiger partial charge in [-0.3, -0.25) is 0 Å². The second kappa shape index (κ2) is 4.82. The fourth-order valence-corrected chi connectivity index (χ4v) is 5.60. The van der Waals surface area contributed by atoms with Gasteiger partial charge >= 0.3 is 0 Å². The molecule has 1 aliphatic heterocycles. The predicted molar refractivity (Wildman–Crippen MR) is 85.3 cm³/mol. The molecular formula is C17H27NOS. The average molecular weight is 293 g/mol. The lowest BCUT2D eigenvalue weighted by atomic mass is 9.59. The molecule has 0 amide bonds. The highest BCUT2D eigenvalue weighted by atomic mass is 32.1. The van der Waals surface area contributed by atoms with Gasteiger partial charge in [0.25, 0.3) is 0 Å². The van der Waals surface area contributed by atoms with Gasteiger partial charge < -0.3 is 10.0 Å². The van der Waals surface area contributed by atoms with E-state index in [1.165, 1.54) is 15.3 Å². The van der Waals surface area contributed by atoms with Crippen LogP contribution >= 0.6 is 11.3 Å². The molecule has 3 rings (SSSR count). The van der Waals surface area contributed by atoms with Gasteiger partial charge in [-0.15, -0.1) is 11.3 Å². The van der Waals surface area contributed by atoms with E-state index in [0.29, 0.717) is 5.92 Å². The molecule has 0 saturated carbocycles. The van der Waals surface area contributed by atoms with Crippen molar-refractivity contribution in [1.29, 1.82) is 0 Å². The monoisotopic (exact) mass is 293 g/mol. The Kier molecular flexibility index (Phi) is 3.51. The molecule has 1 saturated heterocycles. The molecule has 0 spiro atoms. The van der Waals surface area contributed by atoms with Crippen LogP contribution < -0.4 is 0 Å². The lowest BCUT2D eigenvalue weighted by Gasteiger charge is -2.52. The minimum absolute atomic E-state index is 0.0160. The topological polar surface area (TPSA) is 23.5 Å². The largest absolute Gasteiger partial charge is 0.383 e. The standard InChI is InChI=1S/C17H27NOS/c1-12-11-13-5-8-16(2,3)17(19,15(13)20-12)14-6-9-18(4)10-7-14/h11,14,19H,5-10H2,1-4H3. The molecule has 0 radical (unpaired) electrons. The number of fused-ring (bicyclic) bond motifs is 1. The first-order chi connectivity index (χ1) is 9.34. The van der Waals surface area contributed by atoms with Gasteiger partial charge in [0.05, 0.1) is 0 Å². The molecule has 1 aromatic rings. The van der Waals surface area contributed by atoms with Crippen molar-refractivity contribution in [1.82, 2.24) is 4.90 Å². The Bertz CT molecular complexity index is 499. The summed E-state index contributed by atoms with van der Waals surface area (Å²) in [6, 6.07) is 2.30. The van der Waals surface area contributed by atoms with Gasteiger partial charge in [-0.2, -0.15) is 0 Å². The maximum Gasteiger partial charge on any atom is 0.107 e. The summed E-state index contributed by atoms with van der Waals surface area (Å²) in [5, 5.41) is 11.8. The first kappa shape index (κ1) is 14.6. The molecule has 0 aromatic carbocycles. The highest BCUT2D eigenvalue weighted by molar-refractivity contribution is 7.12. The molecule has 20 heavy (non-hydrogen) atoms. The van der Waals surface area contributed by atoms with E-state index in [-0.39, 0.29) is 5.41 Å². The Morgan fingerprint density at radius 1 is 1.30 bits per heavy atom. The second-order valence-electron chi connectivity index (χ2n) is 7.44. The molecule has 1 N–H and O–H groups in total. The molecule has 3 heteroatoms. The fourth-order valence-electron chi connectivity index (χ4n) is 4.18. The number of aliphatic hydroxyl groups is 1. The van der Waals surface area contributed by atoms with Crippen molar-refractivity contribution >= 4 is 11.3 Å². The van der Waals surface area contributed by atoms with Crippen LogP contribution in [0.1, 0.15) is 48.4 Å². The molecule has 2 nitrogen and oxygen atoms in total.